The lowest BCUT2D eigenvalue weighted by Gasteiger charge is -2.16. The molecule has 0 saturated heterocycles. The molecule has 0 radical (unpaired) electrons. The first kappa shape index (κ1) is 16.3. The SMILES string of the molecule is CCC1C[C@H](C(=O)Nc2cc(Cl)ccc2Br)[C@H](C(=O)O)C1. The van der Waals surface area contributed by atoms with Gasteiger partial charge in [-0.25, -0.2) is 0 Å². The van der Waals surface area contributed by atoms with Crippen LogP contribution < -0.4 is 5.32 Å². The van der Waals surface area contributed by atoms with Gasteiger partial charge in [0.05, 0.1) is 17.5 Å². The first-order valence-electron chi connectivity index (χ1n) is 6.91. The van der Waals surface area contributed by atoms with Crippen molar-refractivity contribution in [1.82, 2.24) is 0 Å². The Hall–Kier alpha value is -1.07. The lowest BCUT2D eigenvalue weighted by molar-refractivity contribution is -0.145. The molecular formula is C15H17BrClNO3. The van der Waals surface area contributed by atoms with Gasteiger partial charge >= 0.3 is 5.97 Å². The highest BCUT2D eigenvalue weighted by Gasteiger charge is 2.42. The lowest BCUT2D eigenvalue weighted by Crippen LogP contribution is -2.30. The van der Waals surface area contributed by atoms with Crippen LogP contribution in [0.1, 0.15) is 26.2 Å². The number of benzene rings is 1. The first-order chi connectivity index (χ1) is 9.92. The maximum Gasteiger partial charge on any atom is 0.307 e. The van der Waals surface area contributed by atoms with Crippen LogP contribution in [0.4, 0.5) is 5.69 Å². The van der Waals surface area contributed by atoms with Crippen molar-refractivity contribution in [3.63, 3.8) is 0 Å². The number of halogens is 2. The van der Waals surface area contributed by atoms with Crippen LogP contribution in [0, 0.1) is 17.8 Å². The number of carboxylic acid groups (broad SMARTS) is 1. The molecule has 2 rings (SSSR count). The Kier molecular flexibility index (Phi) is 5.27. The molecule has 21 heavy (non-hydrogen) atoms. The summed E-state index contributed by atoms with van der Waals surface area (Å²) in [7, 11) is 0. The molecule has 1 aromatic rings. The quantitative estimate of drug-likeness (QED) is 0.831. The van der Waals surface area contributed by atoms with Crippen molar-refractivity contribution in [2.75, 3.05) is 5.32 Å². The van der Waals surface area contributed by atoms with Crippen LogP contribution in [-0.4, -0.2) is 17.0 Å². The Morgan fingerprint density at radius 3 is 2.67 bits per heavy atom. The number of amides is 1. The Labute approximate surface area is 137 Å². The predicted molar refractivity (Wildman–Crippen MR) is 85.4 cm³/mol. The number of aliphatic carboxylic acids is 1. The van der Waals surface area contributed by atoms with E-state index in [9.17, 15) is 14.7 Å². The molecular weight excluding hydrogens is 358 g/mol. The molecule has 114 valence electrons. The van der Waals surface area contributed by atoms with Crippen molar-refractivity contribution < 1.29 is 14.7 Å². The third-order valence-electron chi connectivity index (χ3n) is 4.08. The molecule has 2 N–H and O–H groups in total. The number of hydrogen-bond donors (Lipinski definition) is 2. The predicted octanol–water partition coefficient (Wildman–Crippen LogP) is 4.18. The Morgan fingerprint density at radius 2 is 2.05 bits per heavy atom. The number of carbonyl (C=O) groups excluding carboxylic acids is 1. The maximum atomic E-state index is 12.4. The van der Waals surface area contributed by atoms with Crippen LogP contribution in [0.2, 0.25) is 5.02 Å². The molecule has 1 saturated carbocycles. The summed E-state index contributed by atoms with van der Waals surface area (Å²) in [5.41, 5.74) is 0.566. The fraction of sp³-hybridized carbons (Fsp3) is 0.467. The Morgan fingerprint density at radius 1 is 1.38 bits per heavy atom. The molecule has 0 aliphatic heterocycles. The van der Waals surface area contributed by atoms with Crippen LogP contribution >= 0.6 is 27.5 Å². The van der Waals surface area contributed by atoms with E-state index in [-0.39, 0.29) is 5.91 Å². The van der Waals surface area contributed by atoms with E-state index in [1.54, 1.807) is 18.2 Å². The topological polar surface area (TPSA) is 66.4 Å². The molecule has 1 unspecified atom stereocenters. The highest BCUT2D eigenvalue weighted by molar-refractivity contribution is 9.10. The van der Waals surface area contributed by atoms with Crippen molar-refractivity contribution >= 4 is 45.1 Å². The highest BCUT2D eigenvalue weighted by Crippen LogP contribution is 2.39. The van der Waals surface area contributed by atoms with Crippen LogP contribution in [0.25, 0.3) is 0 Å². The van der Waals surface area contributed by atoms with Gasteiger partial charge in [0.1, 0.15) is 0 Å². The summed E-state index contributed by atoms with van der Waals surface area (Å²) in [6, 6.07) is 5.10. The van der Waals surface area contributed by atoms with Gasteiger partial charge in [0.25, 0.3) is 0 Å². The summed E-state index contributed by atoms with van der Waals surface area (Å²) in [5.74, 6) is -1.94. The number of hydrogen-bond acceptors (Lipinski definition) is 2. The molecule has 1 aliphatic carbocycles. The van der Waals surface area contributed by atoms with E-state index in [0.29, 0.717) is 29.5 Å². The molecule has 0 heterocycles. The zero-order valence-electron chi connectivity index (χ0n) is 11.6. The summed E-state index contributed by atoms with van der Waals surface area (Å²) in [4.78, 5) is 23.8. The standard InChI is InChI=1S/C15H17BrClNO3/c1-2-8-5-10(11(6-8)15(20)21)14(19)18-13-7-9(17)3-4-12(13)16/h3-4,7-8,10-11H,2,5-6H2,1H3,(H,18,19)(H,20,21)/t8?,10-,11+/m0/s1. The molecule has 1 aliphatic rings. The number of rotatable bonds is 4. The number of anilines is 1. The normalized spacial score (nSPS) is 24.8. The first-order valence-corrected chi connectivity index (χ1v) is 8.08. The van der Waals surface area contributed by atoms with E-state index < -0.39 is 17.8 Å². The maximum absolute atomic E-state index is 12.4. The summed E-state index contributed by atoms with van der Waals surface area (Å²) in [5, 5.41) is 12.6. The molecule has 6 heteroatoms. The largest absolute Gasteiger partial charge is 0.481 e. The van der Waals surface area contributed by atoms with Gasteiger partial charge in [-0.3, -0.25) is 9.59 Å². The fourth-order valence-electron chi connectivity index (χ4n) is 2.86. The third-order valence-corrected chi connectivity index (χ3v) is 5.00. The minimum Gasteiger partial charge on any atom is -0.481 e. The second-order valence-electron chi connectivity index (χ2n) is 5.41. The molecule has 1 amide bonds. The monoisotopic (exact) mass is 373 g/mol. The Balaban J connectivity index is 2.15. The van der Waals surface area contributed by atoms with Crippen molar-refractivity contribution in [3.8, 4) is 0 Å². The van der Waals surface area contributed by atoms with Gasteiger partial charge in [-0.05, 0) is 52.9 Å². The molecule has 1 aromatic carbocycles. The van der Waals surface area contributed by atoms with Crippen LogP contribution in [0.5, 0.6) is 0 Å². The summed E-state index contributed by atoms with van der Waals surface area (Å²) >= 11 is 9.27. The van der Waals surface area contributed by atoms with Crippen LogP contribution in [-0.2, 0) is 9.59 Å². The Bertz CT molecular complexity index is 564. The summed E-state index contributed by atoms with van der Waals surface area (Å²) in [6.07, 6.45) is 2.09. The van der Waals surface area contributed by atoms with E-state index in [0.717, 1.165) is 10.9 Å². The third kappa shape index (κ3) is 3.77. The van der Waals surface area contributed by atoms with E-state index in [4.69, 9.17) is 11.6 Å². The molecule has 4 nitrogen and oxygen atoms in total. The zero-order chi connectivity index (χ0) is 15.6. The lowest BCUT2D eigenvalue weighted by atomic mass is 9.95. The summed E-state index contributed by atoms with van der Waals surface area (Å²) in [6.45, 7) is 2.03. The van der Waals surface area contributed by atoms with Crippen LogP contribution in [0.15, 0.2) is 22.7 Å². The van der Waals surface area contributed by atoms with E-state index in [1.807, 2.05) is 6.92 Å². The van der Waals surface area contributed by atoms with Crippen molar-refractivity contribution in [3.05, 3.63) is 27.7 Å². The molecule has 1 fully saturated rings. The van der Waals surface area contributed by atoms with Gasteiger partial charge in [0.2, 0.25) is 5.91 Å². The second-order valence-corrected chi connectivity index (χ2v) is 6.70. The van der Waals surface area contributed by atoms with Gasteiger partial charge < -0.3 is 10.4 Å². The van der Waals surface area contributed by atoms with Gasteiger partial charge in [-0.15, -0.1) is 0 Å². The average molecular weight is 375 g/mol. The molecule has 0 spiro atoms. The van der Waals surface area contributed by atoms with Gasteiger partial charge in [-0.2, -0.15) is 0 Å². The van der Waals surface area contributed by atoms with Gasteiger partial charge in [0.15, 0.2) is 0 Å². The van der Waals surface area contributed by atoms with Crippen molar-refractivity contribution in [1.29, 1.82) is 0 Å². The minimum absolute atomic E-state index is 0.249. The zero-order valence-corrected chi connectivity index (χ0v) is 13.9. The molecule has 0 bridgehead atoms. The van der Waals surface area contributed by atoms with E-state index >= 15 is 0 Å². The number of carboxylic acids is 1. The average Bonchev–Trinajstić information content (AvgIpc) is 2.87. The van der Waals surface area contributed by atoms with Crippen molar-refractivity contribution in [2.24, 2.45) is 17.8 Å². The fourth-order valence-corrected chi connectivity index (χ4v) is 3.38. The van der Waals surface area contributed by atoms with Gasteiger partial charge in [0, 0.05) is 9.50 Å². The van der Waals surface area contributed by atoms with Crippen LogP contribution in [0.3, 0.4) is 0 Å². The minimum atomic E-state index is -0.892. The second kappa shape index (κ2) is 6.79. The molecule has 0 aromatic heterocycles. The smallest absolute Gasteiger partial charge is 0.307 e. The number of carbonyl (C=O) groups is 2. The van der Waals surface area contributed by atoms with E-state index in [2.05, 4.69) is 21.2 Å². The number of nitrogens with one attached hydrogen (secondary N) is 1. The molecule has 3 atom stereocenters. The van der Waals surface area contributed by atoms with E-state index in [1.165, 1.54) is 0 Å². The van der Waals surface area contributed by atoms with Crippen molar-refractivity contribution in [2.45, 2.75) is 26.2 Å². The highest BCUT2D eigenvalue weighted by atomic mass is 79.9. The van der Waals surface area contributed by atoms with Gasteiger partial charge in [-0.1, -0.05) is 24.9 Å². The summed E-state index contributed by atoms with van der Waals surface area (Å²) < 4.78 is 0.720.